The van der Waals surface area contributed by atoms with Crippen molar-refractivity contribution in [2.24, 2.45) is 5.92 Å². The van der Waals surface area contributed by atoms with Crippen LogP contribution in [0, 0.1) is 5.92 Å². The van der Waals surface area contributed by atoms with Crippen LogP contribution in [0.2, 0.25) is 0 Å². The summed E-state index contributed by atoms with van der Waals surface area (Å²) in [6, 6.07) is 16.2. The van der Waals surface area contributed by atoms with E-state index < -0.39 is 0 Å². The topological polar surface area (TPSA) is 78.5 Å². The molecule has 0 aliphatic carbocycles. The number of anilines is 2. The molecule has 2 aromatic rings. The van der Waals surface area contributed by atoms with Crippen LogP contribution in [0.4, 0.5) is 11.4 Å². The average molecular weight is 365 g/mol. The van der Waals surface area contributed by atoms with Gasteiger partial charge < -0.3 is 15.5 Å². The standard InChI is InChI=1S/C21H23N3O3/c1-15(25)22-19-11-5-7-16(13-19)21(27)24-12-6-8-17(14-24)20(26)23-18-9-3-2-4-10-18/h2-5,7,9-11,13,17H,6,8,12,14H2,1H3,(H,22,25)(H,23,26)/t17-/m0/s1. The molecule has 0 bridgehead atoms. The van der Waals surface area contributed by atoms with Crippen molar-refractivity contribution in [2.75, 3.05) is 23.7 Å². The lowest BCUT2D eigenvalue weighted by atomic mass is 9.96. The summed E-state index contributed by atoms with van der Waals surface area (Å²) in [4.78, 5) is 38.3. The molecular weight excluding hydrogens is 342 g/mol. The number of likely N-dealkylation sites (tertiary alicyclic amines) is 1. The van der Waals surface area contributed by atoms with Gasteiger partial charge in [0.05, 0.1) is 5.92 Å². The maximum atomic E-state index is 12.8. The third-order valence-corrected chi connectivity index (χ3v) is 4.55. The number of benzene rings is 2. The Morgan fingerprint density at radius 2 is 1.70 bits per heavy atom. The fourth-order valence-corrected chi connectivity index (χ4v) is 3.26. The molecule has 2 aromatic carbocycles. The molecule has 6 nitrogen and oxygen atoms in total. The molecular formula is C21H23N3O3. The second-order valence-electron chi connectivity index (χ2n) is 6.71. The molecule has 1 saturated heterocycles. The van der Waals surface area contributed by atoms with E-state index in [1.807, 2.05) is 30.3 Å². The molecule has 3 amide bonds. The van der Waals surface area contributed by atoms with E-state index in [1.165, 1.54) is 6.92 Å². The molecule has 6 heteroatoms. The van der Waals surface area contributed by atoms with Gasteiger partial charge in [-0.1, -0.05) is 24.3 Å². The Hall–Kier alpha value is -3.15. The van der Waals surface area contributed by atoms with Crippen molar-refractivity contribution >= 4 is 29.1 Å². The molecule has 0 saturated carbocycles. The number of piperidine rings is 1. The van der Waals surface area contributed by atoms with Crippen molar-refractivity contribution < 1.29 is 14.4 Å². The van der Waals surface area contributed by atoms with Crippen LogP contribution in [-0.4, -0.2) is 35.7 Å². The Morgan fingerprint density at radius 3 is 2.44 bits per heavy atom. The van der Waals surface area contributed by atoms with Gasteiger partial charge in [-0.3, -0.25) is 14.4 Å². The van der Waals surface area contributed by atoms with Gasteiger partial charge >= 0.3 is 0 Å². The molecule has 0 spiro atoms. The first-order chi connectivity index (χ1) is 13.0. The summed E-state index contributed by atoms with van der Waals surface area (Å²) in [5.41, 5.74) is 1.85. The van der Waals surface area contributed by atoms with E-state index in [-0.39, 0.29) is 23.6 Å². The Morgan fingerprint density at radius 1 is 0.963 bits per heavy atom. The van der Waals surface area contributed by atoms with Crippen LogP contribution in [0.5, 0.6) is 0 Å². The van der Waals surface area contributed by atoms with Crippen LogP contribution in [0.3, 0.4) is 0 Å². The van der Waals surface area contributed by atoms with E-state index in [2.05, 4.69) is 10.6 Å². The summed E-state index contributed by atoms with van der Waals surface area (Å²) in [6.45, 7) is 2.44. The monoisotopic (exact) mass is 365 g/mol. The minimum absolute atomic E-state index is 0.0642. The van der Waals surface area contributed by atoms with Crippen LogP contribution < -0.4 is 10.6 Å². The third kappa shape index (κ3) is 4.94. The zero-order valence-corrected chi connectivity index (χ0v) is 15.3. The molecule has 1 heterocycles. The Kier molecular flexibility index (Phi) is 5.86. The first-order valence-electron chi connectivity index (χ1n) is 9.06. The number of rotatable bonds is 4. The van der Waals surface area contributed by atoms with Crippen molar-refractivity contribution in [3.8, 4) is 0 Å². The number of nitrogens with zero attached hydrogens (tertiary/aromatic N) is 1. The first kappa shape index (κ1) is 18.6. The highest BCUT2D eigenvalue weighted by molar-refractivity contribution is 5.98. The van der Waals surface area contributed by atoms with E-state index in [9.17, 15) is 14.4 Å². The highest BCUT2D eigenvalue weighted by Crippen LogP contribution is 2.21. The molecule has 0 unspecified atom stereocenters. The summed E-state index contributed by atoms with van der Waals surface area (Å²) >= 11 is 0. The summed E-state index contributed by atoms with van der Waals surface area (Å²) < 4.78 is 0. The summed E-state index contributed by atoms with van der Waals surface area (Å²) in [5, 5.41) is 5.60. The van der Waals surface area contributed by atoms with Gasteiger partial charge in [-0.2, -0.15) is 0 Å². The van der Waals surface area contributed by atoms with Gasteiger partial charge in [-0.15, -0.1) is 0 Å². The molecule has 1 atom stereocenters. The highest BCUT2D eigenvalue weighted by Gasteiger charge is 2.29. The zero-order chi connectivity index (χ0) is 19.2. The smallest absolute Gasteiger partial charge is 0.253 e. The second-order valence-corrected chi connectivity index (χ2v) is 6.71. The van der Waals surface area contributed by atoms with Crippen molar-refractivity contribution in [3.63, 3.8) is 0 Å². The number of para-hydroxylation sites is 1. The minimum Gasteiger partial charge on any atom is -0.338 e. The predicted molar refractivity (Wildman–Crippen MR) is 104 cm³/mol. The van der Waals surface area contributed by atoms with Gasteiger partial charge in [0.2, 0.25) is 11.8 Å². The lowest BCUT2D eigenvalue weighted by Gasteiger charge is -2.32. The van der Waals surface area contributed by atoms with Crippen LogP contribution in [0.15, 0.2) is 54.6 Å². The van der Waals surface area contributed by atoms with Crippen LogP contribution in [0.25, 0.3) is 0 Å². The quantitative estimate of drug-likeness (QED) is 0.874. The summed E-state index contributed by atoms with van der Waals surface area (Å²) in [6.07, 6.45) is 1.54. The van der Waals surface area contributed by atoms with Gasteiger partial charge in [0.25, 0.3) is 5.91 Å². The molecule has 0 radical (unpaired) electrons. The van der Waals surface area contributed by atoms with E-state index in [1.54, 1.807) is 29.2 Å². The van der Waals surface area contributed by atoms with Crippen LogP contribution >= 0.6 is 0 Å². The van der Waals surface area contributed by atoms with Gasteiger partial charge in [0.15, 0.2) is 0 Å². The fourth-order valence-electron chi connectivity index (χ4n) is 3.26. The fraction of sp³-hybridized carbons (Fsp3) is 0.286. The number of hydrogen-bond acceptors (Lipinski definition) is 3. The number of nitrogens with one attached hydrogen (secondary N) is 2. The van der Waals surface area contributed by atoms with Crippen LogP contribution in [-0.2, 0) is 9.59 Å². The van der Waals surface area contributed by atoms with Crippen molar-refractivity contribution in [3.05, 3.63) is 60.2 Å². The van der Waals surface area contributed by atoms with E-state index >= 15 is 0 Å². The number of carbonyl (C=O) groups is 3. The summed E-state index contributed by atoms with van der Waals surface area (Å²) in [5.74, 6) is -0.609. The maximum Gasteiger partial charge on any atom is 0.253 e. The zero-order valence-electron chi connectivity index (χ0n) is 15.3. The number of amides is 3. The molecule has 27 heavy (non-hydrogen) atoms. The van der Waals surface area contributed by atoms with Gasteiger partial charge in [-0.05, 0) is 43.2 Å². The van der Waals surface area contributed by atoms with Gasteiger partial charge in [0, 0.05) is 37.0 Å². The highest BCUT2D eigenvalue weighted by atomic mass is 16.2. The molecule has 1 aliphatic rings. The average Bonchev–Trinajstić information content (AvgIpc) is 2.68. The maximum absolute atomic E-state index is 12.8. The van der Waals surface area contributed by atoms with E-state index in [0.717, 1.165) is 18.5 Å². The van der Waals surface area contributed by atoms with E-state index in [4.69, 9.17) is 0 Å². The van der Waals surface area contributed by atoms with Crippen LogP contribution in [0.1, 0.15) is 30.1 Å². The SMILES string of the molecule is CC(=O)Nc1cccc(C(=O)N2CCC[C@H](C(=O)Nc3ccccc3)C2)c1. The van der Waals surface area contributed by atoms with Gasteiger partial charge in [-0.25, -0.2) is 0 Å². The predicted octanol–water partition coefficient (Wildman–Crippen LogP) is 3.14. The van der Waals surface area contributed by atoms with Crippen molar-refractivity contribution in [2.45, 2.75) is 19.8 Å². The summed E-state index contributed by atoms with van der Waals surface area (Å²) in [7, 11) is 0. The van der Waals surface area contributed by atoms with Crippen molar-refractivity contribution in [1.29, 1.82) is 0 Å². The number of carbonyl (C=O) groups excluding carboxylic acids is 3. The molecule has 0 aromatic heterocycles. The third-order valence-electron chi connectivity index (χ3n) is 4.55. The molecule has 1 aliphatic heterocycles. The first-order valence-corrected chi connectivity index (χ1v) is 9.06. The normalized spacial score (nSPS) is 16.5. The molecule has 140 valence electrons. The molecule has 3 rings (SSSR count). The Balaban J connectivity index is 1.66. The molecule has 2 N–H and O–H groups in total. The van der Waals surface area contributed by atoms with Crippen molar-refractivity contribution in [1.82, 2.24) is 4.90 Å². The van der Waals surface area contributed by atoms with E-state index in [0.29, 0.717) is 24.3 Å². The number of hydrogen-bond donors (Lipinski definition) is 2. The molecule has 1 fully saturated rings. The van der Waals surface area contributed by atoms with Gasteiger partial charge in [0.1, 0.15) is 0 Å². The Bertz CT molecular complexity index is 836. The second kappa shape index (κ2) is 8.49. The largest absolute Gasteiger partial charge is 0.338 e. The minimum atomic E-state index is -0.235. The Labute approximate surface area is 158 Å². The lowest BCUT2D eigenvalue weighted by Crippen LogP contribution is -2.43. The lowest BCUT2D eigenvalue weighted by molar-refractivity contribution is -0.121.